The number of hydrogen-bond acceptors (Lipinski definition) is 3. The molecule has 1 aliphatic heterocycles. The van der Waals surface area contributed by atoms with Gasteiger partial charge in [-0.15, -0.1) is 0 Å². The number of amides is 1. The summed E-state index contributed by atoms with van der Waals surface area (Å²) in [4.78, 5) is 23.1. The normalized spacial score (nSPS) is 14.7. The highest BCUT2D eigenvalue weighted by atomic mass is 16.4. The highest BCUT2D eigenvalue weighted by molar-refractivity contribution is 6.01. The second-order valence-corrected chi connectivity index (χ2v) is 7.99. The first-order valence-corrected chi connectivity index (χ1v) is 9.26. The minimum absolute atomic E-state index is 0.0454. The molecule has 0 atom stereocenters. The van der Waals surface area contributed by atoms with E-state index in [1.165, 1.54) is 0 Å². The maximum absolute atomic E-state index is 13.2. The third-order valence-electron chi connectivity index (χ3n) is 5.04. The first-order chi connectivity index (χ1) is 12.4. The molecule has 3 heterocycles. The van der Waals surface area contributed by atoms with Gasteiger partial charge in [-0.2, -0.15) is 0 Å². The van der Waals surface area contributed by atoms with Crippen LogP contribution in [0.5, 0.6) is 0 Å². The number of carbonyl (C=O) groups is 1. The second-order valence-electron chi connectivity index (χ2n) is 7.99. The van der Waals surface area contributed by atoms with Crippen LogP contribution < -0.4 is 0 Å². The molecule has 4 rings (SSSR count). The van der Waals surface area contributed by atoms with Gasteiger partial charge in [-0.25, -0.2) is 4.98 Å². The number of aryl methyl sites for hydroxylation is 1. The third kappa shape index (κ3) is 2.71. The summed E-state index contributed by atoms with van der Waals surface area (Å²) in [7, 11) is 0. The summed E-state index contributed by atoms with van der Waals surface area (Å²) in [6.07, 6.45) is 1.54. The maximum Gasteiger partial charge on any atom is 0.270 e. The van der Waals surface area contributed by atoms with E-state index in [9.17, 15) is 4.79 Å². The van der Waals surface area contributed by atoms with Crippen molar-refractivity contribution >= 4 is 16.8 Å². The number of carbonyl (C=O) groups excluding carboxylic acids is 1. The summed E-state index contributed by atoms with van der Waals surface area (Å²) >= 11 is 0. The van der Waals surface area contributed by atoms with Gasteiger partial charge in [0.15, 0.2) is 5.89 Å². The standard InChI is InChI=1S/C21H25N3O2/c1-5-13-14-8-6-7-9-15(14)22-18(13)19(25)24-11-10-17-16(12-24)23-20(26-17)21(2,3)4/h6-9,22H,5,10-12H2,1-4H3. The van der Waals surface area contributed by atoms with E-state index < -0.39 is 0 Å². The Labute approximate surface area is 153 Å². The van der Waals surface area contributed by atoms with Crippen LogP contribution in [0.3, 0.4) is 0 Å². The lowest BCUT2D eigenvalue weighted by Gasteiger charge is -2.25. The molecule has 1 aliphatic rings. The van der Waals surface area contributed by atoms with Crippen LogP contribution >= 0.6 is 0 Å². The topological polar surface area (TPSA) is 62.1 Å². The van der Waals surface area contributed by atoms with Crippen LogP contribution in [0.15, 0.2) is 28.7 Å². The molecule has 2 aromatic heterocycles. The Hall–Kier alpha value is -2.56. The monoisotopic (exact) mass is 351 g/mol. The molecule has 0 bridgehead atoms. The molecule has 0 spiro atoms. The smallest absolute Gasteiger partial charge is 0.270 e. The van der Waals surface area contributed by atoms with Crippen LogP contribution in [-0.4, -0.2) is 27.3 Å². The van der Waals surface area contributed by atoms with Crippen LogP contribution in [0.25, 0.3) is 10.9 Å². The maximum atomic E-state index is 13.2. The SMILES string of the molecule is CCc1c(C(=O)N2CCc3oc(C(C)(C)C)nc3C2)[nH]c2ccccc12. The van der Waals surface area contributed by atoms with Gasteiger partial charge in [-0.1, -0.05) is 45.9 Å². The van der Waals surface area contributed by atoms with Crippen molar-refractivity contribution in [3.8, 4) is 0 Å². The molecular weight excluding hydrogens is 326 g/mol. The highest BCUT2D eigenvalue weighted by Crippen LogP contribution is 2.29. The van der Waals surface area contributed by atoms with Gasteiger partial charge in [0.1, 0.15) is 17.1 Å². The van der Waals surface area contributed by atoms with Gasteiger partial charge in [0.25, 0.3) is 5.91 Å². The number of oxazole rings is 1. The van der Waals surface area contributed by atoms with Crippen LogP contribution in [-0.2, 0) is 24.8 Å². The number of benzene rings is 1. The van der Waals surface area contributed by atoms with Gasteiger partial charge in [-0.05, 0) is 18.1 Å². The van der Waals surface area contributed by atoms with Crippen molar-refractivity contribution in [2.45, 2.75) is 52.5 Å². The van der Waals surface area contributed by atoms with E-state index in [2.05, 4.69) is 43.7 Å². The summed E-state index contributed by atoms with van der Waals surface area (Å²) in [5, 5.41) is 1.13. The van der Waals surface area contributed by atoms with Gasteiger partial charge < -0.3 is 14.3 Å². The lowest BCUT2D eigenvalue weighted by Crippen LogP contribution is -2.36. The number of nitrogens with zero attached hydrogens (tertiary/aromatic N) is 2. The van der Waals surface area contributed by atoms with E-state index in [1.807, 2.05) is 23.1 Å². The first kappa shape index (κ1) is 16.9. The lowest BCUT2D eigenvalue weighted by molar-refractivity contribution is 0.0721. The molecule has 5 nitrogen and oxygen atoms in total. The molecule has 0 fully saturated rings. The Kier molecular flexibility index (Phi) is 3.90. The van der Waals surface area contributed by atoms with Gasteiger partial charge in [0.05, 0.1) is 6.54 Å². The molecule has 1 aromatic carbocycles. The first-order valence-electron chi connectivity index (χ1n) is 9.26. The van der Waals surface area contributed by atoms with E-state index in [-0.39, 0.29) is 11.3 Å². The minimum atomic E-state index is -0.126. The molecule has 0 saturated carbocycles. The number of aromatic nitrogens is 2. The van der Waals surface area contributed by atoms with Crippen molar-refractivity contribution in [1.29, 1.82) is 0 Å². The number of para-hydroxylation sites is 1. The van der Waals surface area contributed by atoms with Crippen LogP contribution in [0.1, 0.15) is 61.1 Å². The molecular formula is C21H25N3O2. The number of fused-ring (bicyclic) bond motifs is 2. The number of hydrogen-bond donors (Lipinski definition) is 1. The van der Waals surface area contributed by atoms with E-state index in [1.54, 1.807) is 0 Å². The van der Waals surface area contributed by atoms with E-state index >= 15 is 0 Å². The molecule has 1 amide bonds. The van der Waals surface area contributed by atoms with Crippen LogP contribution in [0.4, 0.5) is 0 Å². The fourth-order valence-corrected chi connectivity index (χ4v) is 3.60. The van der Waals surface area contributed by atoms with Crippen molar-refractivity contribution in [2.24, 2.45) is 0 Å². The zero-order chi connectivity index (χ0) is 18.5. The van der Waals surface area contributed by atoms with Crippen molar-refractivity contribution in [3.05, 3.63) is 52.9 Å². The Morgan fingerprint density at radius 3 is 2.81 bits per heavy atom. The lowest BCUT2D eigenvalue weighted by atomic mass is 9.97. The molecule has 26 heavy (non-hydrogen) atoms. The predicted molar refractivity (Wildman–Crippen MR) is 101 cm³/mol. The summed E-state index contributed by atoms with van der Waals surface area (Å²) in [6, 6.07) is 8.10. The van der Waals surface area contributed by atoms with E-state index in [0.717, 1.165) is 40.2 Å². The minimum Gasteiger partial charge on any atom is -0.445 e. The molecule has 3 aromatic rings. The highest BCUT2D eigenvalue weighted by Gasteiger charge is 2.30. The quantitative estimate of drug-likeness (QED) is 0.752. The largest absolute Gasteiger partial charge is 0.445 e. The second kappa shape index (κ2) is 6.01. The molecule has 1 N–H and O–H groups in total. The molecule has 0 saturated heterocycles. The zero-order valence-corrected chi connectivity index (χ0v) is 15.8. The number of rotatable bonds is 2. The summed E-state index contributed by atoms with van der Waals surface area (Å²) in [6.45, 7) is 9.52. The molecule has 136 valence electrons. The predicted octanol–water partition coefficient (Wildman–Crippen LogP) is 4.21. The van der Waals surface area contributed by atoms with E-state index in [0.29, 0.717) is 25.2 Å². The van der Waals surface area contributed by atoms with Crippen LogP contribution in [0.2, 0.25) is 0 Å². The molecule has 0 aliphatic carbocycles. The van der Waals surface area contributed by atoms with Gasteiger partial charge in [0.2, 0.25) is 0 Å². The summed E-state index contributed by atoms with van der Waals surface area (Å²) in [5.74, 6) is 1.71. The Bertz CT molecular complexity index is 975. The van der Waals surface area contributed by atoms with Crippen molar-refractivity contribution in [3.63, 3.8) is 0 Å². The summed E-state index contributed by atoms with van der Waals surface area (Å²) in [5.41, 5.74) is 3.58. The number of H-pyrrole nitrogens is 1. The Morgan fingerprint density at radius 1 is 1.31 bits per heavy atom. The third-order valence-corrected chi connectivity index (χ3v) is 5.04. The van der Waals surface area contributed by atoms with Crippen molar-refractivity contribution in [2.75, 3.05) is 6.54 Å². The Morgan fingerprint density at radius 2 is 2.08 bits per heavy atom. The Balaban J connectivity index is 1.65. The molecule has 5 heteroatoms. The average Bonchev–Trinajstić information content (AvgIpc) is 3.21. The fraction of sp³-hybridized carbons (Fsp3) is 0.429. The fourth-order valence-electron chi connectivity index (χ4n) is 3.60. The van der Waals surface area contributed by atoms with Gasteiger partial charge in [0, 0.05) is 29.3 Å². The molecule has 0 radical (unpaired) electrons. The van der Waals surface area contributed by atoms with Crippen molar-refractivity contribution < 1.29 is 9.21 Å². The molecule has 0 unspecified atom stereocenters. The van der Waals surface area contributed by atoms with Crippen LogP contribution in [0, 0.1) is 0 Å². The van der Waals surface area contributed by atoms with E-state index in [4.69, 9.17) is 4.42 Å². The van der Waals surface area contributed by atoms with Gasteiger partial charge >= 0.3 is 0 Å². The number of aromatic amines is 1. The number of nitrogens with one attached hydrogen (secondary N) is 1. The van der Waals surface area contributed by atoms with Gasteiger partial charge in [-0.3, -0.25) is 4.79 Å². The average molecular weight is 351 g/mol. The zero-order valence-electron chi connectivity index (χ0n) is 15.8. The van der Waals surface area contributed by atoms with Crippen molar-refractivity contribution in [1.82, 2.24) is 14.9 Å². The summed E-state index contributed by atoms with van der Waals surface area (Å²) < 4.78 is 5.94.